The maximum absolute atomic E-state index is 11.8. The average molecular weight is 398 g/mol. The van der Waals surface area contributed by atoms with Crippen molar-refractivity contribution < 1.29 is 14.3 Å². The molecule has 0 fully saturated rings. The number of thiocarbonyl (C=S) groups is 1. The Morgan fingerprint density at radius 1 is 1.29 bits per heavy atom. The number of aryl methyl sites for hydroxylation is 2. The molecule has 3 rings (SSSR count). The van der Waals surface area contributed by atoms with E-state index in [4.69, 9.17) is 16.6 Å². The Bertz CT molecular complexity index is 1060. The smallest absolute Gasteiger partial charge is 0.231 e. The number of amides is 1. The Morgan fingerprint density at radius 2 is 2.04 bits per heavy atom. The third kappa shape index (κ3) is 4.14. The number of aromatic nitrogens is 1. The van der Waals surface area contributed by atoms with E-state index in [9.17, 15) is 9.90 Å². The van der Waals surface area contributed by atoms with Gasteiger partial charge in [0.25, 0.3) is 0 Å². The van der Waals surface area contributed by atoms with Gasteiger partial charge in [-0.25, -0.2) is 4.98 Å². The molecule has 1 aromatic heterocycles. The van der Waals surface area contributed by atoms with Gasteiger partial charge in [0.15, 0.2) is 10.7 Å². The summed E-state index contributed by atoms with van der Waals surface area (Å²) in [7, 11) is 0. The Morgan fingerprint density at radius 3 is 2.71 bits per heavy atom. The third-order valence-electron chi connectivity index (χ3n) is 4.41. The normalized spacial score (nSPS) is 11.0. The van der Waals surface area contributed by atoms with E-state index < -0.39 is 0 Å². The molecule has 6 nitrogen and oxygen atoms in total. The van der Waals surface area contributed by atoms with Crippen LogP contribution in [-0.2, 0) is 11.2 Å². The molecule has 3 aromatic rings. The summed E-state index contributed by atoms with van der Waals surface area (Å²) in [6.45, 7) is 7.43. The van der Waals surface area contributed by atoms with Crippen LogP contribution in [-0.4, -0.2) is 21.1 Å². The minimum atomic E-state index is -0.176. The fourth-order valence-electron chi connectivity index (χ4n) is 2.74. The van der Waals surface area contributed by atoms with E-state index in [0.717, 1.165) is 17.5 Å². The van der Waals surface area contributed by atoms with E-state index in [0.29, 0.717) is 28.3 Å². The van der Waals surface area contributed by atoms with Gasteiger partial charge in [-0.1, -0.05) is 26.8 Å². The van der Waals surface area contributed by atoms with Gasteiger partial charge in [0.1, 0.15) is 11.3 Å². The van der Waals surface area contributed by atoms with Crippen molar-refractivity contribution in [1.82, 2.24) is 10.3 Å². The first-order valence-electron chi connectivity index (χ1n) is 9.13. The monoisotopic (exact) mass is 397 g/mol. The molecule has 0 aliphatic rings. The van der Waals surface area contributed by atoms with Crippen LogP contribution in [0.3, 0.4) is 0 Å². The largest absolute Gasteiger partial charge is 0.507 e. The highest BCUT2D eigenvalue weighted by molar-refractivity contribution is 7.80. The molecular formula is C21H23N3O3S. The first kappa shape index (κ1) is 19.8. The van der Waals surface area contributed by atoms with Gasteiger partial charge in [0, 0.05) is 11.6 Å². The molecule has 0 radical (unpaired) electrons. The van der Waals surface area contributed by atoms with Gasteiger partial charge in [0.05, 0.1) is 5.56 Å². The van der Waals surface area contributed by atoms with Gasteiger partial charge in [-0.3, -0.25) is 4.79 Å². The first-order chi connectivity index (χ1) is 13.3. The number of aromatic hydroxyl groups is 1. The zero-order chi connectivity index (χ0) is 20.4. The molecule has 1 amide bonds. The molecular weight excluding hydrogens is 374 g/mol. The van der Waals surface area contributed by atoms with Gasteiger partial charge >= 0.3 is 0 Å². The van der Waals surface area contributed by atoms with E-state index in [-0.39, 0.29) is 22.7 Å². The van der Waals surface area contributed by atoms with Crippen LogP contribution in [0.25, 0.3) is 22.6 Å². The van der Waals surface area contributed by atoms with Crippen molar-refractivity contribution in [2.45, 2.75) is 34.1 Å². The third-order valence-corrected chi connectivity index (χ3v) is 4.61. The summed E-state index contributed by atoms with van der Waals surface area (Å²) < 4.78 is 5.84. The molecule has 1 heterocycles. The minimum absolute atomic E-state index is 0.0879. The number of hydrogen-bond donors (Lipinski definition) is 3. The summed E-state index contributed by atoms with van der Waals surface area (Å²) in [4.78, 5) is 16.3. The Kier molecular flexibility index (Phi) is 5.65. The van der Waals surface area contributed by atoms with E-state index >= 15 is 0 Å². The number of nitrogens with one attached hydrogen (secondary N) is 2. The summed E-state index contributed by atoms with van der Waals surface area (Å²) in [5, 5.41) is 16.3. The summed E-state index contributed by atoms with van der Waals surface area (Å²) in [5.74, 6) is 0.0677. The van der Waals surface area contributed by atoms with Crippen molar-refractivity contribution in [2.24, 2.45) is 5.92 Å². The number of anilines is 1. The predicted molar refractivity (Wildman–Crippen MR) is 114 cm³/mol. The van der Waals surface area contributed by atoms with E-state index in [1.807, 2.05) is 18.2 Å². The first-order valence-corrected chi connectivity index (χ1v) is 9.54. The standard InChI is InChI=1S/C21H23N3O3S/c1-5-13-6-7-17-16(9-13)23-20(27-17)15-10-14(8-12(4)18(15)25)22-21(28)24-19(26)11(2)3/h6-11,25H,5H2,1-4H3,(H2,22,24,26,28). The predicted octanol–water partition coefficient (Wildman–Crippen LogP) is 4.54. The zero-order valence-corrected chi connectivity index (χ0v) is 17.1. The summed E-state index contributed by atoms with van der Waals surface area (Å²) in [5.41, 5.74) is 4.27. The molecule has 28 heavy (non-hydrogen) atoms. The number of nitrogens with zero attached hydrogens (tertiary/aromatic N) is 1. The van der Waals surface area contributed by atoms with Gasteiger partial charge < -0.3 is 20.2 Å². The van der Waals surface area contributed by atoms with Crippen LogP contribution >= 0.6 is 12.2 Å². The molecule has 3 N–H and O–H groups in total. The van der Waals surface area contributed by atoms with Crippen molar-refractivity contribution in [3.05, 3.63) is 41.5 Å². The summed E-state index contributed by atoms with van der Waals surface area (Å²) >= 11 is 5.20. The number of phenolic OH excluding ortho intramolecular Hbond substituents is 1. The molecule has 0 bridgehead atoms. The quantitative estimate of drug-likeness (QED) is 0.443. The number of oxazole rings is 1. The zero-order valence-electron chi connectivity index (χ0n) is 16.3. The molecule has 0 atom stereocenters. The highest BCUT2D eigenvalue weighted by Gasteiger charge is 2.17. The number of fused-ring (bicyclic) bond motifs is 1. The Hall–Kier alpha value is -2.93. The van der Waals surface area contributed by atoms with Crippen molar-refractivity contribution in [1.29, 1.82) is 0 Å². The fraction of sp³-hybridized carbons (Fsp3) is 0.286. The van der Waals surface area contributed by atoms with Crippen LogP contribution < -0.4 is 10.6 Å². The van der Waals surface area contributed by atoms with Crippen molar-refractivity contribution in [3.63, 3.8) is 0 Å². The van der Waals surface area contributed by atoms with E-state index in [1.54, 1.807) is 32.9 Å². The lowest BCUT2D eigenvalue weighted by molar-refractivity contribution is -0.122. The highest BCUT2D eigenvalue weighted by atomic mass is 32.1. The van der Waals surface area contributed by atoms with Gasteiger partial charge in [-0.05, 0) is 61.0 Å². The molecule has 7 heteroatoms. The lowest BCUT2D eigenvalue weighted by Gasteiger charge is -2.13. The van der Waals surface area contributed by atoms with Crippen LogP contribution in [0.15, 0.2) is 34.7 Å². The number of phenols is 1. The van der Waals surface area contributed by atoms with Crippen LogP contribution in [0.1, 0.15) is 31.9 Å². The van der Waals surface area contributed by atoms with E-state index in [2.05, 4.69) is 22.5 Å². The maximum Gasteiger partial charge on any atom is 0.231 e. The maximum atomic E-state index is 11.8. The Labute approximate surface area is 169 Å². The molecule has 0 aliphatic heterocycles. The van der Waals surface area contributed by atoms with Gasteiger partial charge in [0.2, 0.25) is 11.8 Å². The number of hydrogen-bond acceptors (Lipinski definition) is 5. The molecule has 0 aliphatic carbocycles. The lowest BCUT2D eigenvalue weighted by Crippen LogP contribution is -2.36. The molecule has 0 spiro atoms. The van der Waals surface area contributed by atoms with Gasteiger partial charge in [-0.2, -0.15) is 0 Å². The van der Waals surface area contributed by atoms with Crippen molar-refractivity contribution >= 4 is 40.0 Å². The second-order valence-electron chi connectivity index (χ2n) is 6.96. The lowest BCUT2D eigenvalue weighted by atomic mass is 10.1. The summed E-state index contributed by atoms with van der Waals surface area (Å²) in [6.07, 6.45) is 0.904. The topological polar surface area (TPSA) is 87.4 Å². The SMILES string of the molecule is CCc1ccc2oc(-c3cc(NC(=S)NC(=O)C(C)C)cc(C)c3O)nc2c1. The Balaban J connectivity index is 1.93. The fourth-order valence-corrected chi connectivity index (χ4v) is 2.96. The van der Waals surface area contributed by atoms with E-state index in [1.165, 1.54) is 0 Å². The molecule has 146 valence electrons. The number of carbonyl (C=O) groups excluding carboxylic acids is 1. The van der Waals surface area contributed by atoms with Crippen LogP contribution in [0.5, 0.6) is 5.75 Å². The second kappa shape index (κ2) is 7.98. The van der Waals surface area contributed by atoms with Crippen molar-refractivity contribution in [3.8, 4) is 17.2 Å². The van der Waals surface area contributed by atoms with Crippen LogP contribution in [0.2, 0.25) is 0 Å². The number of benzene rings is 2. The van der Waals surface area contributed by atoms with Gasteiger partial charge in [-0.15, -0.1) is 0 Å². The second-order valence-corrected chi connectivity index (χ2v) is 7.37. The number of rotatable bonds is 4. The number of carbonyl (C=O) groups is 1. The molecule has 0 saturated heterocycles. The highest BCUT2D eigenvalue weighted by Crippen LogP contribution is 2.36. The van der Waals surface area contributed by atoms with Crippen LogP contribution in [0.4, 0.5) is 5.69 Å². The molecule has 2 aromatic carbocycles. The molecule has 0 unspecified atom stereocenters. The van der Waals surface area contributed by atoms with Crippen molar-refractivity contribution in [2.75, 3.05) is 5.32 Å². The summed E-state index contributed by atoms with van der Waals surface area (Å²) in [6, 6.07) is 9.29. The van der Waals surface area contributed by atoms with Crippen LogP contribution in [0, 0.1) is 12.8 Å². The minimum Gasteiger partial charge on any atom is -0.507 e. The molecule has 0 saturated carbocycles. The average Bonchev–Trinajstić information content (AvgIpc) is 3.07.